The highest BCUT2D eigenvalue weighted by Crippen LogP contribution is 2.25. The van der Waals surface area contributed by atoms with E-state index in [0.29, 0.717) is 40.6 Å². The fourth-order valence-corrected chi connectivity index (χ4v) is 5.27. The lowest BCUT2D eigenvalue weighted by Gasteiger charge is -2.39. The Bertz CT molecular complexity index is 1410. The summed E-state index contributed by atoms with van der Waals surface area (Å²) in [5.74, 6) is 3.01. The van der Waals surface area contributed by atoms with Crippen molar-refractivity contribution in [2.75, 3.05) is 68.5 Å². The molecule has 2 N–H and O–H groups in total. The van der Waals surface area contributed by atoms with Crippen LogP contribution < -0.4 is 15.5 Å². The van der Waals surface area contributed by atoms with E-state index in [0.717, 1.165) is 58.7 Å². The highest BCUT2D eigenvalue weighted by atomic mass is 16.5. The Labute approximate surface area is 219 Å². The maximum absolute atomic E-state index is 12.2. The highest BCUT2D eigenvalue weighted by Gasteiger charge is 2.28. The summed E-state index contributed by atoms with van der Waals surface area (Å²) in [5.41, 5.74) is 6.72. The van der Waals surface area contributed by atoms with Crippen molar-refractivity contribution in [1.29, 1.82) is 0 Å². The first-order valence-corrected chi connectivity index (χ1v) is 12.8. The Kier molecular flexibility index (Phi) is 6.50. The van der Waals surface area contributed by atoms with Gasteiger partial charge in [0, 0.05) is 52.0 Å². The van der Waals surface area contributed by atoms with Crippen LogP contribution in [-0.2, 0) is 4.74 Å². The van der Waals surface area contributed by atoms with Crippen molar-refractivity contribution >= 4 is 29.5 Å². The van der Waals surface area contributed by atoms with E-state index in [-0.39, 0.29) is 11.9 Å². The lowest BCUT2D eigenvalue weighted by Crippen LogP contribution is -2.50. The number of fused-ring (bicyclic) bond motifs is 1. The molecule has 0 spiro atoms. The summed E-state index contributed by atoms with van der Waals surface area (Å²) in [6.45, 7) is 6.12. The molecule has 6 heterocycles. The van der Waals surface area contributed by atoms with Gasteiger partial charge in [0.25, 0.3) is 5.78 Å². The molecular formula is C25H30N10O3. The largest absolute Gasteiger partial charge is 0.465 e. The molecule has 0 amide bonds. The molecule has 38 heavy (non-hydrogen) atoms. The highest BCUT2D eigenvalue weighted by molar-refractivity contribution is 5.94. The van der Waals surface area contributed by atoms with Gasteiger partial charge in [-0.25, -0.2) is 9.78 Å². The number of aromatic nitrogens is 6. The summed E-state index contributed by atoms with van der Waals surface area (Å²) >= 11 is 0. The van der Waals surface area contributed by atoms with Crippen LogP contribution in [0.1, 0.15) is 23.2 Å². The first kappa shape index (κ1) is 24.1. The number of furan rings is 1. The lowest BCUT2D eigenvalue weighted by atomic mass is 9.97. The van der Waals surface area contributed by atoms with E-state index < -0.39 is 0 Å². The van der Waals surface area contributed by atoms with Crippen molar-refractivity contribution < 1.29 is 13.9 Å². The van der Waals surface area contributed by atoms with Gasteiger partial charge in [-0.05, 0) is 43.0 Å². The summed E-state index contributed by atoms with van der Waals surface area (Å²) in [7, 11) is 1.40. The van der Waals surface area contributed by atoms with Crippen molar-refractivity contribution in [3.8, 4) is 11.6 Å². The minimum atomic E-state index is -0.359. The van der Waals surface area contributed by atoms with E-state index in [4.69, 9.17) is 14.9 Å². The number of methoxy groups -OCH3 is 1. The number of anilines is 3. The fraction of sp³-hybridized carbons (Fsp3) is 0.440. The molecule has 0 unspecified atom stereocenters. The standard InChI is InChI=1S/C25H30N10O3/c1-37-22(36)18-6-2-8-27-21(18)33-12-10-32(11-13-33)15-17-5-3-9-34(16-17)24-29-23(26)35-25(30-24)28-20(31-35)19-7-4-14-38-19/h2,4,6-8,14,17H,3,5,9-13,15-16H2,1H3,(H2,26,28,29,30,31)/t17-/m0/s1. The minimum absolute atomic E-state index is 0.245. The van der Waals surface area contributed by atoms with Gasteiger partial charge in [0.05, 0.1) is 13.4 Å². The van der Waals surface area contributed by atoms with E-state index in [1.54, 1.807) is 36.7 Å². The summed E-state index contributed by atoms with van der Waals surface area (Å²) in [4.78, 5) is 37.2. The minimum Gasteiger partial charge on any atom is -0.465 e. The van der Waals surface area contributed by atoms with E-state index in [2.05, 4.69) is 39.7 Å². The number of nitrogen functional groups attached to an aromatic ring is 1. The molecular weight excluding hydrogens is 488 g/mol. The Morgan fingerprint density at radius 3 is 2.76 bits per heavy atom. The predicted octanol–water partition coefficient (Wildman–Crippen LogP) is 1.58. The quantitative estimate of drug-likeness (QED) is 0.370. The molecule has 13 nitrogen and oxygen atoms in total. The van der Waals surface area contributed by atoms with Gasteiger partial charge in [-0.15, -0.1) is 5.10 Å². The molecule has 2 aliphatic rings. The Hall–Kier alpha value is -4.26. The normalized spacial score (nSPS) is 18.7. The van der Waals surface area contributed by atoms with Gasteiger partial charge in [-0.2, -0.15) is 19.5 Å². The molecule has 2 aliphatic heterocycles. The van der Waals surface area contributed by atoms with Crippen molar-refractivity contribution in [2.45, 2.75) is 12.8 Å². The maximum atomic E-state index is 12.2. The van der Waals surface area contributed by atoms with Crippen LogP contribution in [0.2, 0.25) is 0 Å². The zero-order valence-electron chi connectivity index (χ0n) is 21.2. The second-order valence-corrected chi connectivity index (χ2v) is 9.61. The number of nitrogens with zero attached hydrogens (tertiary/aromatic N) is 9. The number of pyridine rings is 1. The van der Waals surface area contributed by atoms with Crippen molar-refractivity contribution in [2.24, 2.45) is 5.92 Å². The number of carbonyl (C=O) groups is 1. The number of ether oxygens (including phenoxy) is 1. The van der Waals surface area contributed by atoms with Crippen LogP contribution >= 0.6 is 0 Å². The summed E-state index contributed by atoms with van der Waals surface area (Å²) in [6.07, 6.45) is 5.50. The number of carbonyl (C=O) groups excluding carboxylic acids is 1. The molecule has 0 saturated carbocycles. The SMILES string of the molecule is COC(=O)c1cccnc1N1CCN(C[C@@H]2CCCN(c3nc(N)n4nc(-c5ccco5)nc4n3)C2)CC1. The van der Waals surface area contributed by atoms with Crippen LogP contribution in [0.5, 0.6) is 0 Å². The van der Waals surface area contributed by atoms with Crippen molar-refractivity contribution in [3.63, 3.8) is 0 Å². The average molecular weight is 519 g/mol. The third-order valence-corrected chi connectivity index (χ3v) is 7.15. The van der Waals surface area contributed by atoms with E-state index in [9.17, 15) is 4.79 Å². The van der Waals surface area contributed by atoms with Gasteiger partial charge in [0.2, 0.25) is 17.7 Å². The number of rotatable bonds is 6. The molecule has 4 aromatic rings. The van der Waals surface area contributed by atoms with Crippen LogP contribution in [0, 0.1) is 5.92 Å². The second-order valence-electron chi connectivity index (χ2n) is 9.61. The molecule has 1 atom stereocenters. The number of piperidine rings is 1. The van der Waals surface area contributed by atoms with Crippen LogP contribution in [0.25, 0.3) is 17.4 Å². The zero-order valence-corrected chi connectivity index (χ0v) is 21.2. The molecule has 4 aromatic heterocycles. The third kappa shape index (κ3) is 4.72. The summed E-state index contributed by atoms with van der Waals surface area (Å²) < 4.78 is 11.8. The van der Waals surface area contributed by atoms with E-state index in [1.807, 2.05) is 0 Å². The number of piperazine rings is 1. The van der Waals surface area contributed by atoms with E-state index in [1.165, 1.54) is 11.6 Å². The molecule has 0 bridgehead atoms. The molecule has 13 heteroatoms. The number of hydrogen-bond acceptors (Lipinski definition) is 12. The van der Waals surface area contributed by atoms with E-state index >= 15 is 0 Å². The van der Waals surface area contributed by atoms with Crippen LogP contribution in [-0.4, -0.2) is 93.3 Å². The Balaban J connectivity index is 1.09. The molecule has 2 saturated heterocycles. The first-order valence-electron chi connectivity index (χ1n) is 12.8. The molecule has 0 aromatic carbocycles. The third-order valence-electron chi connectivity index (χ3n) is 7.15. The number of nitrogens with two attached hydrogens (primary N) is 1. The van der Waals surface area contributed by atoms with Gasteiger partial charge in [0.15, 0.2) is 5.76 Å². The van der Waals surface area contributed by atoms with Gasteiger partial charge >= 0.3 is 5.97 Å². The van der Waals surface area contributed by atoms with Gasteiger partial charge < -0.3 is 24.7 Å². The Morgan fingerprint density at radius 1 is 1.11 bits per heavy atom. The molecule has 2 fully saturated rings. The number of hydrogen-bond donors (Lipinski definition) is 1. The summed E-state index contributed by atoms with van der Waals surface area (Å²) in [5, 5.41) is 4.38. The average Bonchev–Trinajstić information content (AvgIpc) is 3.64. The van der Waals surface area contributed by atoms with Crippen molar-refractivity contribution in [1.82, 2.24) is 34.4 Å². The van der Waals surface area contributed by atoms with Crippen LogP contribution in [0.3, 0.4) is 0 Å². The van der Waals surface area contributed by atoms with Crippen molar-refractivity contribution in [3.05, 3.63) is 42.3 Å². The predicted molar refractivity (Wildman–Crippen MR) is 140 cm³/mol. The lowest BCUT2D eigenvalue weighted by molar-refractivity contribution is 0.0600. The van der Waals surface area contributed by atoms with Gasteiger partial charge in [0.1, 0.15) is 11.4 Å². The smallest absolute Gasteiger partial charge is 0.341 e. The fourth-order valence-electron chi connectivity index (χ4n) is 5.27. The maximum Gasteiger partial charge on any atom is 0.341 e. The topological polar surface area (TPSA) is 144 Å². The van der Waals surface area contributed by atoms with Gasteiger partial charge in [-0.3, -0.25) is 4.90 Å². The molecule has 0 radical (unpaired) electrons. The summed E-state index contributed by atoms with van der Waals surface area (Å²) in [6, 6.07) is 7.10. The monoisotopic (exact) mass is 518 g/mol. The van der Waals surface area contributed by atoms with Crippen LogP contribution in [0.4, 0.5) is 17.7 Å². The first-order chi connectivity index (χ1) is 18.6. The second kappa shape index (κ2) is 10.2. The molecule has 198 valence electrons. The number of esters is 1. The molecule has 0 aliphatic carbocycles. The van der Waals surface area contributed by atoms with Gasteiger partial charge in [-0.1, -0.05) is 0 Å². The molecule has 6 rings (SSSR count). The zero-order chi connectivity index (χ0) is 26.1. The van der Waals surface area contributed by atoms with Crippen LogP contribution in [0.15, 0.2) is 41.1 Å². The Morgan fingerprint density at radius 2 is 1.97 bits per heavy atom.